The second-order valence-corrected chi connectivity index (χ2v) is 5.83. The van der Waals surface area contributed by atoms with Crippen LogP contribution in [0.4, 0.5) is 0 Å². The zero-order chi connectivity index (χ0) is 12.9. The maximum atomic E-state index is 10.8. The smallest absolute Gasteiger partial charge is 0.264 e. The molecule has 7 heteroatoms. The Hall–Kier alpha value is -0.500. The van der Waals surface area contributed by atoms with Crippen LogP contribution in [0.2, 0.25) is 0 Å². The first-order valence-electron chi connectivity index (χ1n) is 4.99. The Morgan fingerprint density at radius 1 is 1.35 bits per heavy atom. The van der Waals surface area contributed by atoms with Gasteiger partial charge < -0.3 is 4.74 Å². The molecule has 17 heavy (non-hydrogen) atoms. The molecule has 96 valence electrons. The van der Waals surface area contributed by atoms with Crippen LogP contribution in [0.3, 0.4) is 0 Å². The molecule has 0 aliphatic heterocycles. The van der Waals surface area contributed by atoms with Gasteiger partial charge in [0.05, 0.1) is 24.3 Å². The molecule has 1 aromatic heterocycles. The predicted molar refractivity (Wildman–Crippen MR) is 66.9 cm³/mol. The van der Waals surface area contributed by atoms with Gasteiger partial charge in [0, 0.05) is 11.1 Å². The Labute approximate surface area is 109 Å². The molecule has 0 aliphatic carbocycles. The number of hydrogen-bond acceptors (Lipinski definition) is 5. The Morgan fingerprint density at radius 2 is 2.06 bits per heavy atom. The van der Waals surface area contributed by atoms with E-state index in [1.54, 1.807) is 12.1 Å². The fourth-order valence-electron chi connectivity index (χ4n) is 1.08. The van der Waals surface area contributed by atoms with Gasteiger partial charge in [-0.1, -0.05) is 0 Å². The predicted octanol–water partition coefficient (Wildman–Crippen LogP) is 1.86. The second-order valence-electron chi connectivity index (χ2n) is 3.33. The molecular formula is C10H14BrNO4S. The van der Waals surface area contributed by atoms with Crippen molar-refractivity contribution in [3.8, 4) is 0 Å². The average molecular weight is 324 g/mol. The van der Waals surface area contributed by atoms with Gasteiger partial charge in [0.1, 0.15) is 6.61 Å². The van der Waals surface area contributed by atoms with Gasteiger partial charge in [-0.15, -0.1) is 0 Å². The van der Waals surface area contributed by atoms with E-state index in [1.165, 1.54) is 0 Å². The van der Waals surface area contributed by atoms with Crippen LogP contribution in [0.1, 0.15) is 18.3 Å². The molecule has 0 bridgehead atoms. The van der Waals surface area contributed by atoms with Crippen molar-refractivity contribution in [2.75, 3.05) is 12.9 Å². The van der Waals surface area contributed by atoms with Gasteiger partial charge in [-0.25, -0.2) is 0 Å². The molecular weight excluding hydrogens is 310 g/mol. The minimum atomic E-state index is -3.45. The Bertz CT molecular complexity index is 475. The van der Waals surface area contributed by atoms with Crippen LogP contribution in [0.25, 0.3) is 0 Å². The summed E-state index contributed by atoms with van der Waals surface area (Å²) >= 11 is 3.35. The fourth-order valence-corrected chi connectivity index (χ4v) is 1.75. The third-order valence-electron chi connectivity index (χ3n) is 1.84. The van der Waals surface area contributed by atoms with Crippen molar-refractivity contribution >= 4 is 26.0 Å². The van der Waals surface area contributed by atoms with Crippen molar-refractivity contribution in [3.05, 3.63) is 28.0 Å². The van der Waals surface area contributed by atoms with Crippen LogP contribution < -0.4 is 0 Å². The lowest BCUT2D eigenvalue weighted by Gasteiger charge is -2.07. The van der Waals surface area contributed by atoms with Gasteiger partial charge in [-0.05, 0) is 35.0 Å². The summed E-state index contributed by atoms with van der Waals surface area (Å²) in [6.07, 6.45) is 1.01. The van der Waals surface area contributed by atoms with E-state index >= 15 is 0 Å². The van der Waals surface area contributed by atoms with E-state index in [0.717, 1.165) is 16.4 Å². The first-order valence-corrected chi connectivity index (χ1v) is 7.59. The lowest BCUT2D eigenvalue weighted by molar-refractivity contribution is 0.130. The molecule has 0 fully saturated rings. The molecule has 0 atom stereocenters. The van der Waals surface area contributed by atoms with E-state index in [0.29, 0.717) is 18.9 Å². The van der Waals surface area contributed by atoms with Gasteiger partial charge in [0.25, 0.3) is 10.1 Å². The van der Waals surface area contributed by atoms with Gasteiger partial charge >= 0.3 is 0 Å². The number of aromatic nitrogens is 1. The lowest BCUT2D eigenvalue weighted by atomic mass is 10.3. The van der Waals surface area contributed by atoms with Crippen molar-refractivity contribution in [2.24, 2.45) is 0 Å². The summed E-state index contributed by atoms with van der Waals surface area (Å²) in [5, 5.41) is 0. The molecule has 0 N–H and O–H groups in total. The third kappa shape index (κ3) is 5.58. The van der Waals surface area contributed by atoms with E-state index in [4.69, 9.17) is 4.74 Å². The molecule has 0 unspecified atom stereocenters. The number of ether oxygens (including phenoxy) is 1. The quantitative estimate of drug-likeness (QED) is 0.747. The van der Waals surface area contributed by atoms with E-state index < -0.39 is 10.1 Å². The van der Waals surface area contributed by atoms with E-state index in [9.17, 15) is 8.42 Å². The van der Waals surface area contributed by atoms with E-state index in [2.05, 4.69) is 25.1 Å². The normalized spacial score (nSPS) is 11.7. The number of pyridine rings is 1. The molecule has 0 amide bonds. The topological polar surface area (TPSA) is 65.5 Å². The SMILES string of the molecule is CCOCc1nc(COS(C)(=O)=O)ccc1Br. The zero-order valence-electron chi connectivity index (χ0n) is 9.64. The average Bonchev–Trinajstić information content (AvgIpc) is 2.25. The highest BCUT2D eigenvalue weighted by molar-refractivity contribution is 9.10. The molecule has 1 aromatic rings. The van der Waals surface area contributed by atoms with Crippen molar-refractivity contribution in [1.82, 2.24) is 4.98 Å². The fraction of sp³-hybridized carbons (Fsp3) is 0.500. The van der Waals surface area contributed by atoms with E-state index in [-0.39, 0.29) is 6.61 Å². The van der Waals surface area contributed by atoms with Crippen molar-refractivity contribution in [2.45, 2.75) is 20.1 Å². The first-order chi connectivity index (χ1) is 7.92. The van der Waals surface area contributed by atoms with Gasteiger partial charge in [0.15, 0.2) is 0 Å². The molecule has 0 radical (unpaired) electrons. The number of halogens is 1. The summed E-state index contributed by atoms with van der Waals surface area (Å²) in [5.74, 6) is 0. The highest BCUT2D eigenvalue weighted by Crippen LogP contribution is 2.16. The van der Waals surface area contributed by atoms with Crippen LogP contribution in [0.15, 0.2) is 16.6 Å². The summed E-state index contributed by atoms with van der Waals surface area (Å²) in [6, 6.07) is 3.49. The Morgan fingerprint density at radius 3 is 2.65 bits per heavy atom. The van der Waals surface area contributed by atoms with Crippen LogP contribution >= 0.6 is 15.9 Å². The largest absolute Gasteiger partial charge is 0.375 e. The van der Waals surface area contributed by atoms with Gasteiger partial charge in [-0.3, -0.25) is 9.17 Å². The molecule has 0 saturated heterocycles. The second kappa shape index (κ2) is 6.44. The molecule has 0 spiro atoms. The lowest BCUT2D eigenvalue weighted by Crippen LogP contribution is -2.06. The minimum absolute atomic E-state index is 0.0642. The van der Waals surface area contributed by atoms with Crippen LogP contribution in [-0.2, 0) is 32.3 Å². The van der Waals surface area contributed by atoms with Gasteiger partial charge in [-0.2, -0.15) is 8.42 Å². The first kappa shape index (κ1) is 14.6. The van der Waals surface area contributed by atoms with Crippen molar-refractivity contribution < 1.29 is 17.3 Å². The summed E-state index contributed by atoms with van der Waals surface area (Å²) in [5.41, 5.74) is 1.27. The monoisotopic (exact) mass is 323 g/mol. The van der Waals surface area contributed by atoms with Crippen LogP contribution in [0, 0.1) is 0 Å². The number of nitrogens with zero attached hydrogens (tertiary/aromatic N) is 1. The third-order valence-corrected chi connectivity index (χ3v) is 3.11. The Balaban J connectivity index is 2.74. The maximum Gasteiger partial charge on any atom is 0.264 e. The number of rotatable bonds is 6. The summed E-state index contributed by atoms with van der Waals surface area (Å²) in [7, 11) is -3.45. The summed E-state index contributed by atoms with van der Waals surface area (Å²) < 4.78 is 32.4. The highest BCUT2D eigenvalue weighted by Gasteiger charge is 2.07. The van der Waals surface area contributed by atoms with Crippen LogP contribution in [0.5, 0.6) is 0 Å². The van der Waals surface area contributed by atoms with Crippen molar-refractivity contribution in [3.63, 3.8) is 0 Å². The molecule has 1 rings (SSSR count). The minimum Gasteiger partial charge on any atom is -0.375 e. The van der Waals surface area contributed by atoms with E-state index in [1.807, 2.05) is 6.92 Å². The van der Waals surface area contributed by atoms with Gasteiger partial charge in [0.2, 0.25) is 0 Å². The molecule has 5 nitrogen and oxygen atoms in total. The molecule has 1 heterocycles. The zero-order valence-corrected chi connectivity index (χ0v) is 12.0. The van der Waals surface area contributed by atoms with Crippen LogP contribution in [-0.4, -0.2) is 26.3 Å². The Kier molecular flexibility index (Phi) is 5.51. The molecule has 0 saturated carbocycles. The maximum absolute atomic E-state index is 10.8. The number of hydrogen-bond donors (Lipinski definition) is 0. The van der Waals surface area contributed by atoms with Crippen molar-refractivity contribution in [1.29, 1.82) is 0 Å². The molecule has 0 aromatic carbocycles. The summed E-state index contributed by atoms with van der Waals surface area (Å²) in [6.45, 7) is 2.80. The standard InChI is InChI=1S/C10H14BrNO4S/c1-3-15-7-10-9(11)5-4-8(12-10)6-16-17(2,13)14/h4-5H,3,6-7H2,1-2H3. The molecule has 0 aliphatic rings. The highest BCUT2D eigenvalue weighted by atomic mass is 79.9. The summed E-state index contributed by atoms with van der Waals surface area (Å²) in [4.78, 5) is 4.25.